The van der Waals surface area contributed by atoms with E-state index in [1.165, 1.54) is 0 Å². The highest BCUT2D eigenvalue weighted by Gasteiger charge is 2.29. The summed E-state index contributed by atoms with van der Waals surface area (Å²) in [5.41, 5.74) is 1.49. The highest BCUT2D eigenvalue weighted by molar-refractivity contribution is 5.95. The molecule has 2 aromatic rings. The Kier molecular flexibility index (Phi) is 8.19. The lowest BCUT2D eigenvalue weighted by Crippen LogP contribution is -2.51. The Labute approximate surface area is 193 Å². The second-order valence-electron chi connectivity index (χ2n) is 8.71. The molecule has 33 heavy (non-hydrogen) atoms. The van der Waals surface area contributed by atoms with E-state index in [0.717, 1.165) is 12.0 Å². The Hall–Kier alpha value is -3.67. The first-order valence-corrected chi connectivity index (χ1v) is 11.3. The standard InChI is InChI=1S/C24H30N6O3/c1-15(2)11-19(23(32)28-18(13-25)12-17-9-6-10-26-22(17)31)30-24(33)21-27-14-20(29-21)16-7-4-3-5-8-16/h3-5,7-8,14-15,17-19H,6,9-12H2,1-2H3,(H,26,31)(H,27,29)(H,28,32)(H,30,33)/t17?,18-,19-/m0/s1. The zero-order valence-electron chi connectivity index (χ0n) is 18.9. The van der Waals surface area contributed by atoms with Crippen LogP contribution in [0.4, 0.5) is 0 Å². The van der Waals surface area contributed by atoms with Gasteiger partial charge in [0.1, 0.15) is 12.1 Å². The molecule has 3 rings (SSSR count). The molecule has 3 atom stereocenters. The van der Waals surface area contributed by atoms with Crippen molar-refractivity contribution in [1.29, 1.82) is 5.26 Å². The Bertz CT molecular complexity index is 1010. The molecule has 3 amide bonds. The molecular weight excluding hydrogens is 420 g/mol. The van der Waals surface area contributed by atoms with E-state index in [1.54, 1.807) is 6.20 Å². The molecule has 1 aromatic heterocycles. The van der Waals surface area contributed by atoms with Crippen LogP contribution in [-0.4, -0.2) is 46.3 Å². The van der Waals surface area contributed by atoms with Crippen LogP contribution < -0.4 is 16.0 Å². The third-order valence-corrected chi connectivity index (χ3v) is 5.58. The van der Waals surface area contributed by atoms with Crippen LogP contribution in [0.2, 0.25) is 0 Å². The van der Waals surface area contributed by atoms with Gasteiger partial charge < -0.3 is 20.9 Å². The number of aromatic nitrogens is 2. The molecule has 0 saturated carbocycles. The molecule has 0 aliphatic carbocycles. The minimum absolute atomic E-state index is 0.0881. The number of carbonyl (C=O) groups is 3. The number of nitrogens with zero attached hydrogens (tertiary/aromatic N) is 2. The molecule has 1 unspecified atom stereocenters. The molecule has 0 radical (unpaired) electrons. The second-order valence-corrected chi connectivity index (χ2v) is 8.71. The van der Waals surface area contributed by atoms with Gasteiger partial charge in [-0.05, 0) is 31.6 Å². The zero-order chi connectivity index (χ0) is 23.8. The Morgan fingerprint density at radius 3 is 2.67 bits per heavy atom. The summed E-state index contributed by atoms with van der Waals surface area (Å²) in [7, 11) is 0. The van der Waals surface area contributed by atoms with Crippen molar-refractivity contribution in [3.63, 3.8) is 0 Å². The fourth-order valence-corrected chi connectivity index (χ4v) is 3.89. The smallest absolute Gasteiger partial charge is 0.287 e. The molecule has 0 bridgehead atoms. The van der Waals surface area contributed by atoms with Gasteiger partial charge in [0.15, 0.2) is 5.82 Å². The van der Waals surface area contributed by atoms with Gasteiger partial charge in [-0.15, -0.1) is 0 Å². The van der Waals surface area contributed by atoms with Gasteiger partial charge in [-0.1, -0.05) is 44.2 Å². The highest BCUT2D eigenvalue weighted by atomic mass is 16.2. The number of hydrogen-bond donors (Lipinski definition) is 4. The SMILES string of the molecule is CC(C)C[C@H](NC(=O)c1nc(-c2ccccc2)c[nH]1)C(=O)N[C@H](C#N)CC1CCCNC1=O. The second kappa shape index (κ2) is 11.3. The van der Waals surface area contributed by atoms with E-state index in [4.69, 9.17) is 0 Å². The Morgan fingerprint density at radius 2 is 2.00 bits per heavy atom. The predicted octanol–water partition coefficient (Wildman–Crippen LogP) is 2.15. The molecule has 2 heterocycles. The quantitative estimate of drug-likeness (QED) is 0.463. The maximum absolute atomic E-state index is 13.0. The lowest BCUT2D eigenvalue weighted by atomic mass is 9.91. The number of piperidine rings is 1. The number of nitriles is 1. The van der Waals surface area contributed by atoms with Gasteiger partial charge in [-0.2, -0.15) is 5.26 Å². The van der Waals surface area contributed by atoms with E-state index >= 15 is 0 Å². The van der Waals surface area contributed by atoms with Crippen LogP contribution in [0.25, 0.3) is 11.3 Å². The molecule has 9 heteroatoms. The number of imidazole rings is 1. The third-order valence-electron chi connectivity index (χ3n) is 5.58. The largest absolute Gasteiger partial charge is 0.356 e. The summed E-state index contributed by atoms with van der Waals surface area (Å²) in [5, 5.41) is 17.8. The number of H-pyrrole nitrogens is 1. The molecule has 0 spiro atoms. The average Bonchev–Trinajstić information content (AvgIpc) is 3.30. The van der Waals surface area contributed by atoms with Crippen molar-refractivity contribution in [3.8, 4) is 17.3 Å². The number of aromatic amines is 1. The summed E-state index contributed by atoms with van der Waals surface area (Å²) in [6.07, 6.45) is 3.82. The van der Waals surface area contributed by atoms with Crippen molar-refractivity contribution in [3.05, 3.63) is 42.4 Å². The van der Waals surface area contributed by atoms with Crippen molar-refractivity contribution < 1.29 is 14.4 Å². The van der Waals surface area contributed by atoms with E-state index < -0.39 is 23.9 Å². The van der Waals surface area contributed by atoms with Crippen molar-refractivity contribution in [2.75, 3.05) is 6.54 Å². The zero-order valence-corrected chi connectivity index (χ0v) is 18.9. The summed E-state index contributed by atoms with van der Waals surface area (Å²) in [6.45, 7) is 4.53. The number of benzene rings is 1. The normalized spacial score (nSPS) is 17.5. The van der Waals surface area contributed by atoms with Crippen molar-refractivity contribution in [2.45, 2.75) is 51.6 Å². The lowest BCUT2D eigenvalue weighted by molar-refractivity contribution is -0.128. The van der Waals surface area contributed by atoms with E-state index in [9.17, 15) is 19.6 Å². The summed E-state index contributed by atoms with van der Waals surface area (Å²) >= 11 is 0. The van der Waals surface area contributed by atoms with Gasteiger partial charge in [-0.3, -0.25) is 14.4 Å². The number of amides is 3. The molecule has 9 nitrogen and oxygen atoms in total. The number of carbonyl (C=O) groups excluding carboxylic acids is 3. The van der Waals surface area contributed by atoms with Crippen LogP contribution in [0.15, 0.2) is 36.5 Å². The van der Waals surface area contributed by atoms with Crippen molar-refractivity contribution in [2.24, 2.45) is 11.8 Å². The fourth-order valence-electron chi connectivity index (χ4n) is 3.89. The number of nitrogens with one attached hydrogen (secondary N) is 4. The predicted molar refractivity (Wildman–Crippen MR) is 123 cm³/mol. The van der Waals surface area contributed by atoms with E-state index in [0.29, 0.717) is 25.1 Å². The summed E-state index contributed by atoms with van der Waals surface area (Å²) < 4.78 is 0. The average molecular weight is 451 g/mol. The van der Waals surface area contributed by atoms with Crippen molar-refractivity contribution >= 4 is 17.7 Å². The molecular formula is C24H30N6O3. The molecule has 1 aliphatic rings. The van der Waals surface area contributed by atoms with Gasteiger partial charge in [0.25, 0.3) is 5.91 Å². The summed E-state index contributed by atoms with van der Waals surface area (Å²) in [5.74, 6) is -1.11. The molecule has 4 N–H and O–H groups in total. The minimum Gasteiger partial charge on any atom is -0.356 e. The first kappa shape index (κ1) is 24.0. The summed E-state index contributed by atoms with van der Waals surface area (Å²) in [4.78, 5) is 45.0. The highest BCUT2D eigenvalue weighted by Crippen LogP contribution is 2.18. The molecule has 174 valence electrons. The molecule has 1 aromatic carbocycles. The van der Waals surface area contributed by atoms with Crippen LogP contribution in [-0.2, 0) is 9.59 Å². The van der Waals surface area contributed by atoms with Crippen LogP contribution in [0.1, 0.15) is 50.1 Å². The van der Waals surface area contributed by atoms with Crippen molar-refractivity contribution in [1.82, 2.24) is 25.9 Å². The fraction of sp³-hybridized carbons (Fsp3) is 0.458. The van der Waals surface area contributed by atoms with Crippen LogP contribution in [0.3, 0.4) is 0 Å². The van der Waals surface area contributed by atoms with Gasteiger partial charge in [0.05, 0.1) is 11.8 Å². The van der Waals surface area contributed by atoms with Gasteiger partial charge in [0.2, 0.25) is 11.8 Å². The van der Waals surface area contributed by atoms with Crippen LogP contribution in [0.5, 0.6) is 0 Å². The number of rotatable bonds is 9. The van der Waals surface area contributed by atoms with Crippen LogP contribution >= 0.6 is 0 Å². The van der Waals surface area contributed by atoms with Gasteiger partial charge in [-0.25, -0.2) is 4.98 Å². The van der Waals surface area contributed by atoms with Gasteiger partial charge in [0, 0.05) is 24.2 Å². The molecule has 1 saturated heterocycles. The van der Waals surface area contributed by atoms with E-state index in [2.05, 4.69) is 32.0 Å². The Morgan fingerprint density at radius 1 is 1.24 bits per heavy atom. The number of hydrogen-bond acceptors (Lipinski definition) is 5. The maximum Gasteiger partial charge on any atom is 0.287 e. The lowest BCUT2D eigenvalue weighted by Gasteiger charge is -2.25. The molecule has 1 fully saturated rings. The molecule has 1 aliphatic heterocycles. The van der Waals surface area contributed by atoms with E-state index in [1.807, 2.05) is 44.2 Å². The van der Waals surface area contributed by atoms with Gasteiger partial charge >= 0.3 is 0 Å². The maximum atomic E-state index is 13.0. The Balaban J connectivity index is 1.65. The first-order valence-electron chi connectivity index (χ1n) is 11.3. The first-order chi connectivity index (χ1) is 15.9. The van der Waals surface area contributed by atoms with Crippen LogP contribution in [0, 0.1) is 23.2 Å². The third kappa shape index (κ3) is 6.65. The summed E-state index contributed by atoms with van der Waals surface area (Å²) in [6, 6.07) is 9.87. The minimum atomic E-state index is -0.834. The van der Waals surface area contributed by atoms with E-state index in [-0.39, 0.29) is 30.0 Å². The monoisotopic (exact) mass is 450 g/mol. The topological polar surface area (TPSA) is 140 Å².